The van der Waals surface area contributed by atoms with Gasteiger partial charge in [0.15, 0.2) is 0 Å². The lowest BCUT2D eigenvalue weighted by Gasteiger charge is -2.15. The fourth-order valence-electron chi connectivity index (χ4n) is 1.17. The molecule has 0 N–H and O–H groups in total. The van der Waals surface area contributed by atoms with Crippen molar-refractivity contribution in [2.75, 3.05) is 0 Å². The molecule has 2 aliphatic rings. The lowest BCUT2D eigenvalue weighted by molar-refractivity contribution is 0.188. The van der Waals surface area contributed by atoms with Crippen LogP contribution in [0.25, 0.3) is 0 Å². The number of halogens is 2. The molecule has 12 heavy (non-hydrogen) atoms. The zero-order valence-corrected chi connectivity index (χ0v) is 10.9. The highest BCUT2D eigenvalue weighted by molar-refractivity contribution is 14.1. The number of ether oxygens (including phenoxy) is 1. The molecule has 1 atom stereocenters. The maximum atomic E-state index is 5.75. The standard InChI is InChI=1S/C9H10I2O/c10-6-3-7(11)5-9(4-6)12-8-1-2-8/h3-4,7-8H,1-2,5H2. The Kier molecular flexibility index (Phi) is 2.99. The minimum atomic E-state index is 0.544. The Bertz CT molecular complexity index is 241. The van der Waals surface area contributed by atoms with Crippen LogP contribution in [0, 0.1) is 0 Å². The average molecular weight is 388 g/mol. The van der Waals surface area contributed by atoms with E-state index in [1.165, 1.54) is 22.2 Å². The molecule has 66 valence electrons. The molecule has 1 unspecified atom stereocenters. The van der Waals surface area contributed by atoms with Crippen LogP contribution < -0.4 is 0 Å². The van der Waals surface area contributed by atoms with E-state index in [0.29, 0.717) is 10.0 Å². The fourth-order valence-corrected chi connectivity index (χ4v) is 3.46. The van der Waals surface area contributed by atoms with Crippen LogP contribution in [0.5, 0.6) is 0 Å². The highest BCUT2D eigenvalue weighted by Gasteiger charge is 2.25. The first-order valence-corrected chi connectivity index (χ1v) is 6.45. The smallest absolute Gasteiger partial charge is 0.0988 e. The molecule has 2 rings (SSSR count). The largest absolute Gasteiger partial charge is 0.495 e. The molecule has 0 radical (unpaired) electrons. The molecule has 0 heterocycles. The van der Waals surface area contributed by atoms with E-state index in [9.17, 15) is 0 Å². The van der Waals surface area contributed by atoms with Gasteiger partial charge in [0.05, 0.1) is 11.9 Å². The molecule has 3 heteroatoms. The molecular formula is C9H10I2O. The van der Waals surface area contributed by atoms with Gasteiger partial charge in [0.2, 0.25) is 0 Å². The minimum Gasteiger partial charge on any atom is -0.495 e. The summed E-state index contributed by atoms with van der Waals surface area (Å²) in [7, 11) is 0. The van der Waals surface area contributed by atoms with Gasteiger partial charge < -0.3 is 4.74 Å². The number of rotatable bonds is 2. The molecule has 2 aliphatic carbocycles. The van der Waals surface area contributed by atoms with Crippen LogP contribution in [0.15, 0.2) is 21.5 Å². The van der Waals surface area contributed by atoms with Gasteiger partial charge >= 0.3 is 0 Å². The van der Waals surface area contributed by atoms with Gasteiger partial charge in [-0.1, -0.05) is 28.7 Å². The van der Waals surface area contributed by atoms with Crippen molar-refractivity contribution in [3.63, 3.8) is 0 Å². The van der Waals surface area contributed by atoms with E-state index in [-0.39, 0.29) is 0 Å². The van der Waals surface area contributed by atoms with Crippen LogP contribution in [-0.4, -0.2) is 10.0 Å². The Morgan fingerprint density at radius 1 is 1.42 bits per heavy atom. The lowest BCUT2D eigenvalue weighted by Crippen LogP contribution is -2.05. The Hall–Kier alpha value is 0.740. The number of alkyl halides is 1. The topological polar surface area (TPSA) is 9.23 Å². The summed E-state index contributed by atoms with van der Waals surface area (Å²) in [5.74, 6) is 1.18. The molecule has 0 aromatic rings. The maximum absolute atomic E-state index is 5.75. The van der Waals surface area contributed by atoms with Crippen molar-refractivity contribution in [3.05, 3.63) is 21.5 Å². The van der Waals surface area contributed by atoms with E-state index >= 15 is 0 Å². The first-order chi connectivity index (χ1) is 5.74. The average Bonchev–Trinajstić information content (AvgIpc) is 2.68. The molecule has 0 saturated heterocycles. The number of hydrogen-bond acceptors (Lipinski definition) is 1. The van der Waals surface area contributed by atoms with E-state index in [1.54, 1.807) is 0 Å². The van der Waals surface area contributed by atoms with Crippen molar-refractivity contribution in [1.82, 2.24) is 0 Å². The van der Waals surface area contributed by atoms with Crippen molar-refractivity contribution in [3.8, 4) is 0 Å². The minimum absolute atomic E-state index is 0.544. The maximum Gasteiger partial charge on any atom is 0.0988 e. The number of hydrogen-bond donors (Lipinski definition) is 0. The summed E-state index contributed by atoms with van der Waals surface area (Å²) < 4.78 is 7.69. The predicted octanol–water partition coefficient (Wildman–Crippen LogP) is 3.58. The van der Waals surface area contributed by atoms with E-state index in [2.05, 4.69) is 57.3 Å². The third kappa shape index (κ3) is 2.61. The Morgan fingerprint density at radius 2 is 2.17 bits per heavy atom. The molecule has 1 saturated carbocycles. The molecule has 0 bridgehead atoms. The Balaban J connectivity index is 1.99. The van der Waals surface area contributed by atoms with E-state index < -0.39 is 0 Å². The monoisotopic (exact) mass is 388 g/mol. The molecule has 0 aromatic heterocycles. The molecule has 0 aliphatic heterocycles. The second-order valence-corrected chi connectivity index (χ2v) is 6.05. The molecule has 0 amide bonds. The summed E-state index contributed by atoms with van der Waals surface area (Å²) >= 11 is 4.81. The number of allylic oxidation sites excluding steroid dienone is 4. The molecule has 0 aromatic carbocycles. The van der Waals surface area contributed by atoms with Gasteiger partial charge in [-0.05, 0) is 41.5 Å². The lowest BCUT2D eigenvalue weighted by atomic mass is 10.2. The van der Waals surface area contributed by atoms with Crippen LogP contribution in [0.4, 0.5) is 0 Å². The van der Waals surface area contributed by atoms with Gasteiger partial charge in [-0.25, -0.2) is 0 Å². The summed E-state index contributed by atoms with van der Waals surface area (Å²) in [6.07, 6.45) is 8.56. The van der Waals surface area contributed by atoms with Crippen LogP contribution in [0.1, 0.15) is 19.3 Å². The van der Waals surface area contributed by atoms with E-state index in [4.69, 9.17) is 4.74 Å². The summed E-state index contributed by atoms with van der Waals surface area (Å²) in [5, 5.41) is 0. The molecular weight excluding hydrogens is 378 g/mol. The van der Waals surface area contributed by atoms with Gasteiger partial charge in [-0.2, -0.15) is 0 Å². The summed E-state index contributed by atoms with van der Waals surface area (Å²) in [5.41, 5.74) is 0. The molecule has 1 fully saturated rings. The van der Waals surface area contributed by atoms with Crippen molar-refractivity contribution in [2.45, 2.75) is 29.3 Å². The van der Waals surface area contributed by atoms with Gasteiger partial charge in [0, 0.05) is 13.9 Å². The summed E-state index contributed by atoms with van der Waals surface area (Å²) in [6.45, 7) is 0. The van der Waals surface area contributed by atoms with Crippen molar-refractivity contribution >= 4 is 45.2 Å². The first-order valence-electron chi connectivity index (χ1n) is 4.12. The summed E-state index contributed by atoms with van der Waals surface area (Å²) in [4.78, 5) is 0. The molecule has 1 nitrogen and oxygen atoms in total. The van der Waals surface area contributed by atoms with Crippen LogP contribution in [0.3, 0.4) is 0 Å². The highest BCUT2D eigenvalue weighted by atomic mass is 127. The first kappa shape index (κ1) is 9.30. The van der Waals surface area contributed by atoms with Crippen molar-refractivity contribution in [1.29, 1.82) is 0 Å². The van der Waals surface area contributed by atoms with Gasteiger partial charge in [0.25, 0.3) is 0 Å². The zero-order chi connectivity index (χ0) is 8.55. The van der Waals surface area contributed by atoms with E-state index in [0.717, 1.165) is 6.42 Å². The van der Waals surface area contributed by atoms with Crippen LogP contribution in [-0.2, 0) is 4.74 Å². The van der Waals surface area contributed by atoms with E-state index in [1.807, 2.05) is 0 Å². The Morgan fingerprint density at radius 3 is 2.75 bits per heavy atom. The van der Waals surface area contributed by atoms with Gasteiger partial charge in [0.1, 0.15) is 0 Å². The highest BCUT2D eigenvalue weighted by Crippen LogP contribution is 2.33. The second-order valence-electron chi connectivity index (χ2n) is 3.20. The predicted molar refractivity (Wildman–Crippen MR) is 66.7 cm³/mol. The SMILES string of the molecule is IC1=CC(I)CC(OC2CC2)=C1. The normalized spacial score (nSPS) is 29.3. The second kappa shape index (κ2) is 3.86. The third-order valence-corrected chi connectivity index (χ3v) is 3.35. The quantitative estimate of drug-likeness (QED) is 0.520. The van der Waals surface area contributed by atoms with Crippen molar-refractivity contribution in [2.24, 2.45) is 0 Å². The third-order valence-electron chi connectivity index (χ3n) is 1.88. The zero-order valence-electron chi connectivity index (χ0n) is 6.59. The molecule has 0 spiro atoms. The van der Waals surface area contributed by atoms with Gasteiger partial charge in [-0.15, -0.1) is 0 Å². The Labute approximate surface area is 99.9 Å². The van der Waals surface area contributed by atoms with Gasteiger partial charge in [-0.3, -0.25) is 0 Å². The van der Waals surface area contributed by atoms with Crippen LogP contribution in [0.2, 0.25) is 0 Å². The summed E-state index contributed by atoms with van der Waals surface area (Å²) in [6, 6.07) is 0. The fraction of sp³-hybridized carbons (Fsp3) is 0.556. The van der Waals surface area contributed by atoms with Crippen LogP contribution >= 0.6 is 45.2 Å². The van der Waals surface area contributed by atoms with Crippen molar-refractivity contribution < 1.29 is 4.74 Å².